The van der Waals surface area contributed by atoms with E-state index in [2.05, 4.69) is 15.9 Å². The zero-order valence-corrected chi connectivity index (χ0v) is 16.1. The average Bonchev–Trinajstić information content (AvgIpc) is 3.46. The van der Waals surface area contributed by atoms with Crippen molar-refractivity contribution in [2.75, 3.05) is 19.6 Å². The van der Waals surface area contributed by atoms with Gasteiger partial charge in [-0.3, -0.25) is 9.59 Å². The van der Waals surface area contributed by atoms with Gasteiger partial charge in [0, 0.05) is 42.1 Å². The Labute approximate surface area is 156 Å². The van der Waals surface area contributed by atoms with E-state index in [1.54, 1.807) is 17.0 Å². The number of carbonyl (C=O) groups excluding carboxylic acids is 2. The number of piperidine rings is 1. The first kappa shape index (κ1) is 18.4. The number of rotatable bonds is 5. The quantitative estimate of drug-likeness (QED) is 0.743. The molecular formula is C19H24BrFN2O2. The maximum atomic E-state index is 14.0. The molecule has 2 amide bonds. The van der Waals surface area contributed by atoms with E-state index in [-0.39, 0.29) is 36.0 Å². The van der Waals surface area contributed by atoms with Crippen molar-refractivity contribution in [1.82, 2.24) is 9.80 Å². The van der Waals surface area contributed by atoms with Crippen molar-refractivity contribution in [2.45, 2.75) is 39.2 Å². The van der Waals surface area contributed by atoms with Gasteiger partial charge in [0.25, 0.3) is 0 Å². The Bertz CT molecular complexity index is 663. The standard InChI is InChI=1S/C19H24BrFN2O2/c1-2-22(12-15-10-16(20)7-8-17(15)21)19(25)14-4-3-9-23(11-14)18(24)13-5-6-13/h7-8,10,13-14H,2-6,9,11-12H2,1H3. The van der Waals surface area contributed by atoms with Gasteiger partial charge in [-0.2, -0.15) is 0 Å². The maximum Gasteiger partial charge on any atom is 0.227 e. The van der Waals surface area contributed by atoms with Crippen molar-refractivity contribution in [2.24, 2.45) is 11.8 Å². The van der Waals surface area contributed by atoms with Gasteiger partial charge >= 0.3 is 0 Å². The molecule has 1 heterocycles. The lowest BCUT2D eigenvalue weighted by molar-refractivity contribution is -0.141. The second-order valence-electron chi connectivity index (χ2n) is 6.99. The highest BCUT2D eigenvalue weighted by Crippen LogP contribution is 2.33. The zero-order chi connectivity index (χ0) is 18.0. The number of halogens is 2. The molecule has 2 aliphatic rings. The molecule has 0 N–H and O–H groups in total. The molecule has 136 valence electrons. The fourth-order valence-corrected chi connectivity index (χ4v) is 3.85. The largest absolute Gasteiger partial charge is 0.342 e. The van der Waals surface area contributed by atoms with Crippen LogP contribution in [-0.2, 0) is 16.1 Å². The number of benzene rings is 1. The number of hydrogen-bond acceptors (Lipinski definition) is 2. The summed E-state index contributed by atoms with van der Waals surface area (Å²) in [6, 6.07) is 4.78. The number of carbonyl (C=O) groups is 2. The van der Waals surface area contributed by atoms with Crippen molar-refractivity contribution in [3.63, 3.8) is 0 Å². The second kappa shape index (κ2) is 7.85. The molecule has 0 aromatic heterocycles. The molecule has 1 aliphatic heterocycles. The molecule has 0 radical (unpaired) electrons. The van der Waals surface area contributed by atoms with Crippen LogP contribution in [0.15, 0.2) is 22.7 Å². The number of nitrogens with zero attached hydrogens (tertiary/aromatic N) is 2. The minimum atomic E-state index is -0.302. The molecular weight excluding hydrogens is 387 g/mol. The van der Waals surface area contributed by atoms with Gasteiger partial charge in [0.2, 0.25) is 11.8 Å². The fourth-order valence-electron chi connectivity index (χ4n) is 3.44. The minimum absolute atomic E-state index is 0.0233. The molecule has 25 heavy (non-hydrogen) atoms. The van der Waals surface area contributed by atoms with Crippen molar-refractivity contribution < 1.29 is 14.0 Å². The van der Waals surface area contributed by atoms with E-state index in [1.807, 2.05) is 11.8 Å². The normalized spacial score (nSPS) is 20.4. The molecule has 0 bridgehead atoms. The molecule has 1 aliphatic carbocycles. The summed E-state index contributed by atoms with van der Waals surface area (Å²) in [5, 5.41) is 0. The van der Waals surface area contributed by atoms with Crippen molar-refractivity contribution >= 4 is 27.7 Å². The molecule has 2 fully saturated rings. The van der Waals surface area contributed by atoms with Crippen LogP contribution in [0, 0.1) is 17.7 Å². The van der Waals surface area contributed by atoms with E-state index in [4.69, 9.17) is 0 Å². The summed E-state index contributed by atoms with van der Waals surface area (Å²) < 4.78 is 14.8. The monoisotopic (exact) mass is 410 g/mol. The van der Waals surface area contributed by atoms with Gasteiger partial charge in [-0.15, -0.1) is 0 Å². The highest BCUT2D eigenvalue weighted by molar-refractivity contribution is 9.10. The average molecular weight is 411 g/mol. The summed E-state index contributed by atoms with van der Waals surface area (Å²) in [7, 11) is 0. The molecule has 1 aromatic rings. The van der Waals surface area contributed by atoms with Crippen LogP contribution in [0.25, 0.3) is 0 Å². The zero-order valence-electron chi connectivity index (χ0n) is 14.5. The van der Waals surface area contributed by atoms with Gasteiger partial charge < -0.3 is 9.80 Å². The van der Waals surface area contributed by atoms with Crippen LogP contribution in [0.4, 0.5) is 4.39 Å². The minimum Gasteiger partial charge on any atom is -0.342 e. The van der Waals surface area contributed by atoms with Gasteiger partial charge in [0.05, 0.1) is 5.92 Å². The van der Waals surface area contributed by atoms with Crippen LogP contribution in [0.1, 0.15) is 38.2 Å². The van der Waals surface area contributed by atoms with Crippen LogP contribution < -0.4 is 0 Å². The molecule has 1 saturated carbocycles. The predicted octanol–water partition coefficient (Wildman–Crippen LogP) is 3.59. The highest BCUT2D eigenvalue weighted by atomic mass is 79.9. The van der Waals surface area contributed by atoms with Gasteiger partial charge in [-0.25, -0.2) is 4.39 Å². The van der Waals surface area contributed by atoms with Crippen molar-refractivity contribution in [3.8, 4) is 0 Å². The van der Waals surface area contributed by atoms with Gasteiger partial charge in [0.1, 0.15) is 5.82 Å². The fraction of sp³-hybridized carbons (Fsp3) is 0.579. The Balaban J connectivity index is 1.66. The van der Waals surface area contributed by atoms with Gasteiger partial charge in [-0.1, -0.05) is 15.9 Å². The maximum absolute atomic E-state index is 14.0. The Kier molecular flexibility index (Phi) is 5.77. The van der Waals surface area contributed by atoms with E-state index in [0.717, 1.165) is 36.7 Å². The third-order valence-electron chi connectivity index (χ3n) is 5.07. The topological polar surface area (TPSA) is 40.6 Å². The Morgan fingerprint density at radius 2 is 2.04 bits per heavy atom. The van der Waals surface area contributed by atoms with Crippen LogP contribution >= 0.6 is 15.9 Å². The first-order chi connectivity index (χ1) is 12.0. The summed E-state index contributed by atoms with van der Waals surface area (Å²) >= 11 is 3.35. The third-order valence-corrected chi connectivity index (χ3v) is 5.56. The molecule has 1 atom stereocenters. The number of likely N-dealkylation sites (tertiary alicyclic amines) is 1. The van der Waals surface area contributed by atoms with Crippen LogP contribution in [0.5, 0.6) is 0 Å². The number of amides is 2. The molecule has 6 heteroatoms. The van der Waals surface area contributed by atoms with E-state index < -0.39 is 0 Å². The smallest absolute Gasteiger partial charge is 0.227 e. The predicted molar refractivity (Wildman–Crippen MR) is 97.2 cm³/mol. The molecule has 1 unspecified atom stereocenters. The molecule has 0 spiro atoms. The molecule has 1 saturated heterocycles. The van der Waals surface area contributed by atoms with E-state index in [1.165, 1.54) is 6.07 Å². The van der Waals surface area contributed by atoms with Crippen LogP contribution in [-0.4, -0.2) is 41.2 Å². The Morgan fingerprint density at radius 3 is 2.72 bits per heavy atom. The van der Waals surface area contributed by atoms with Gasteiger partial charge in [0.15, 0.2) is 0 Å². The lowest BCUT2D eigenvalue weighted by atomic mass is 9.95. The first-order valence-corrected chi connectivity index (χ1v) is 9.80. The summed E-state index contributed by atoms with van der Waals surface area (Å²) in [4.78, 5) is 28.8. The van der Waals surface area contributed by atoms with Gasteiger partial charge in [-0.05, 0) is 50.8 Å². The third kappa shape index (κ3) is 4.40. The molecule has 1 aromatic carbocycles. The summed E-state index contributed by atoms with van der Waals surface area (Å²) in [6.45, 7) is 3.95. The molecule has 3 rings (SSSR count). The number of hydrogen-bond donors (Lipinski definition) is 0. The van der Waals surface area contributed by atoms with Crippen molar-refractivity contribution in [1.29, 1.82) is 0 Å². The summed E-state index contributed by atoms with van der Waals surface area (Å²) in [6.07, 6.45) is 3.62. The summed E-state index contributed by atoms with van der Waals surface area (Å²) in [5.74, 6) is -0.0594. The van der Waals surface area contributed by atoms with E-state index in [0.29, 0.717) is 18.7 Å². The Hall–Kier alpha value is -1.43. The lowest BCUT2D eigenvalue weighted by Crippen LogP contribution is -2.47. The van der Waals surface area contributed by atoms with Crippen LogP contribution in [0.3, 0.4) is 0 Å². The summed E-state index contributed by atoms with van der Waals surface area (Å²) in [5.41, 5.74) is 0.506. The van der Waals surface area contributed by atoms with Crippen LogP contribution in [0.2, 0.25) is 0 Å². The Morgan fingerprint density at radius 1 is 1.28 bits per heavy atom. The van der Waals surface area contributed by atoms with Crippen molar-refractivity contribution in [3.05, 3.63) is 34.1 Å². The van der Waals surface area contributed by atoms with E-state index in [9.17, 15) is 14.0 Å². The second-order valence-corrected chi connectivity index (χ2v) is 7.90. The highest BCUT2D eigenvalue weighted by Gasteiger charge is 2.37. The SMILES string of the molecule is CCN(Cc1cc(Br)ccc1F)C(=O)C1CCCN(C(=O)C2CC2)C1. The molecule has 4 nitrogen and oxygen atoms in total. The first-order valence-electron chi connectivity index (χ1n) is 9.01. The lowest BCUT2D eigenvalue weighted by Gasteiger charge is -2.35. The van der Waals surface area contributed by atoms with E-state index >= 15 is 0 Å².